The highest BCUT2D eigenvalue weighted by molar-refractivity contribution is 5.77. The molecule has 1 atom stereocenters. The largest absolute Gasteiger partial charge is 0.370 e. The zero-order chi connectivity index (χ0) is 16.5. The predicted octanol–water partition coefficient (Wildman–Crippen LogP) is 0.872. The van der Waals surface area contributed by atoms with Crippen LogP contribution in [0.25, 0.3) is 0 Å². The van der Waals surface area contributed by atoms with Gasteiger partial charge in [0.25, 0.3) is 0 Å². The number of aromatic nitrogens is 1. The Morgan fingerprint density at radius 1 is 1.52 bits per heavy atom. The molecule has 0 spiro atoms. The molecule has 1 aliphatic heterocycles. The highest BCUT2D eigenvalue weighted by atomic mass is 16.5. The molecule has 2 heterocycles. The molecule has 0 aromatic carbocycles. The minimum Gasteiger partial charge on any atom is -0.370 e. The summed E-state index contributed by atoms with van der Waals surface area (Å²) < 4.78 is 5.09. The van der Waals surface area contributed by atoms with Gasteiger partial charge in [-0.1, -0.05) is 6.07 Å². The average Bonchev–Trinajstić information content (AvgIpc) is 2.98. The van der Waals surface area contributed by atoms with Crippen molar-refractivity contribution < 1.29 is 9.53 Å². The van der Waals surface area contributed by atoms with Crippen LogP contribution < -0.4 is 11.1 Å². The third-order valence-electron chi connectivity index (χ3n) is 4.18. The van der Waals surface area contributed by atoms with Gasteiger partial charge in [0.1, 0.15) is 6.61 Å². The van der Waals surface area contributed by atoms with Crippen molar-refractivity contribution in [2.75, 3.05) is 39.9 Å². The topological polar surface area (TPSA) is 80.5 Å². The van der Waals surface area contributed by atoms with E-state index in [1.165, 1.54) is 24.0 Å². The summed E-state index contributed by atoms with van der Waals surface area (Å²) in [5, 5.41) is 2.86. The number of pyridine rings is 1. The SMILES string of the molecule is CN1CCC[C@H]1c1cncc(CCCNC(=O)COCCN)c1. The van der Waals surface area contributed by atoms with Crippen molar-refractivity contribution in [3.63, 3.8) is 0 Å². The average molecular weight is 320 g/mol. The lowest BCUT2D eigenvalue weighted by Gasteiger charge is -2.19. The molecule has 6 heteroatoms. The van der Waals surface area contributed by atoms with E-state index < -0.39 is 0 Å². The second-order valence-corrected chi connectivity index (χ2v) is 6.06. The van der Waals surface area contributed by atoms with Crippen molar-refractivity contribution in [1.82, 2.24) is 15.2 Å². The Morgan fingerprint density at radius 3 is 3.13 bits per heavy atom. The molecule has 6 nitrogen and oxygen atoms in total. The van der Waals surface area contributed by atoms with Crippen LogP contribution in [0.5, 0.6) is 0 Å². The van der Waals surface area contributed by atoms with E-state index in [9.17, 15) is 4.79 Å². The Hall–Kier alpha value is -1.50. The third kappa shape index (κ3) is 5.89. The molecule has 128 valence electrons. The number of nitrogens with one attached hydrogen (secondary N) is 1. The van der Waals surface area contributed by atoms with Crippen LogP contribution in [0, 0.1) is 0 Å². The van der Waals surface area contributed by atoms with Gasteiger partial charge in [-0.2, -0.15) is 0 Å². The first-order chi connectivity index (χ1) is 11.2. The van der Waals surface area contributed by atoms with E-state index in [2.05, 4.69) is 28.3 Å². The summed E-state index contributed by atoms with van der Waals surface area (Å²) in [6.07, 6.45) is 8.18. The maximum atomic E-state index is 11.5. The number of hydrogen-bond donors (Lipinski definition) is 2. The van der Waals surface area contributed by atoms with Crippen LogP contribution >= 0.6 is 0 Å². The molecule has 1 aromatic heterocycles. The Morgan fingerprint density at radius 2 is 2.39 bits per heavy atom. The van der Waals surface area contributed by atoms with Crippen LogP contribution in [0.15, 0.2) is 18.5 Å². The van der Waals surface area contributed by atoms with Crippen LogP contribution in [0.1, 0.15) is 36.4 Å². The van der Waals surface area contributed by atoms with Gasteiger partial charge in [-0.25, -0.2) is 0 Å². The zero-order valence-corrected chi connectivity index (χ0v) is 14.0. The van der Waals surface area contributed by atoms with Crippen molar-refractivity contribution in [3.8, 4) is 0 Å². The lowest BCUT2D eigenvalue weighted by atomic mass is 10.0. The van der Waals surface area contributed by atoms with Crippen LogP contribution in [0.2, 0.25) is 0 Å². The van der Waals surface area contributed by atoms with Crippen molar-refractivity contribution in [2.24, 2.45) is 5.73 Å². The van der Waals surface area contributed by atoms with Crippen LogP contribution in [0.4, 0.5) is 0 Å². The summed E-state index contributed by atoms with van der Waals surface area (Å²) in [7, 11) is 2.17. The van der Waals surface area contributed by atoms with Crippen molar-refractivity contribution in [1.29, 1.82) is 0 Å². The first-order valence-electron chi connectivity index (χ1n) is 8.39. The summed E-state index contributed by atoms with van der Waals surface area (Å²) in [6, 6.07) is 2.76. The van der Waals surface area contributed by atoms with Gasteiger partial charge in [0, 0.05) is 31.5 Å². The van der Waals surface area contributed by atoms with E-state index in [0.29, 0.717) is 25.7 Å². The molecule has 1 aliphatic rings. The smallest absolute Gasteiger partial charge is 0.245 e. The van der Waals surface area contributed by atoms with E-state index in [4.69, 9.17) is 10.5 Å². The van der Waals surface area contributed by atoms with E-state index in [-0.39, 0.29) is 12.5 Å². The van der Waals surface area contributed by atoms with Gasteiger partial charge in [-0.05, 0) is 50.4 Å². The molecule has 1 amide bonds. The van der Waals surface area contributed by atoms with E-state index in [1.807, 2.05) is 12.4 Å². The molecule has 1 fully saturated rings. The molecular formula is C17H28N4O2. The predicted molar refractivity (Wildman–Crippen MR) is 90.0 cm³/mol. The standard InChI is InChI=1S/C17H28N4O2/c1-21-8-3-5-16(21)15-10-14(11-19-12-15)4-2-7-20-17(22)13-23-9-6-18/h10-12,16H,2-9,13,18H2,1H3,(H,20,22)/t16-/m0/s1. The highest BCUT2D eigenvalue weighted by Gasteiger charge is 2.22. The summed E-state index contributed by atoms with van der Waals surface area (Å²) in [6.45, 7) is 2.75. The second-order valence-electron chi connectivity index (χ2n) is 6.06. The maximum absolute atomic E-state index is 11.5. The summed E-state index contributed by atoms with van der Waals surface area (Å²) in [5.41, 5.74) is 7.84. The third-order valence-corrected chi connectivity index (χ3v) is 4.18. The fourth-order valence-electron chi connectivity index (χ4n) is 2.98. The first-order valence-corrected chi connectivity index (χ1v) is 8.39. The quantitative estimate of drug-likeness (QED) is 0.660. The monoisotopic (exact) mass is 320 g/mol. The zero-order valence-electron chi connectivity index (χ0n) is 14.0. The van der Waals surface area contributed by atoms with Gasteiger partial charge in [0.2, 0.25) is 5.91 Å². The number of rotatable bonds is 9. The van der Waals surface area contributed by atoms with Gasteiger partial charge < -0.3 is 15.8 Å². The second kappa shape index (κ2) is 9.60. The molecule has 0 saturated carbocycles. The molecule has 23 heavy (non-hydrogen) atoms. The van der Waals surface area contributed by atoms with Crippen LogP contribution in [-0.4, -0.2) is 55.7 Å². The van der Waals surface area contributed by atoms with Gasteiger partial charge in [-0.15, -0.1) is 0 Å². The molecule has 2 rings (SSSR count). The molecule has 1 saturated heterocycles. The molecular weight excluding hydrogens is 292 g/mol. The first kappa shape index (κ1) is 17.8. The lowest BCUT2D eigenvalue weighted by molar-refractivity contribution is -0.125. The van der Waals surface area contributed by atoms with Gasteiger partial charge >= 0.3 is 0 Å². The number of nitrogens with two attached hydrogens (primary N) is 1. The van der Waals surface area contributed by atoms with Gasteiger partial charge in [0.15, 0.2) is 0 Å². The number of likely N-dealkylation sites (tertiary alicyclic amines) is 1. The Bertz CT molecular complexity index is 495. The maximum Gasteiger partial charge on any atom is 0.245 e. The minimum atomic E-state index is -0.0853. The van der Waals surface area contributed by atoms with Crippen LogP contribution in [-0.2, 0) is 16.0 Å². The van der Waals surface area contributed by atoms with E-state index in [0.717, 1.165) is 19.4 Å². The number of carbonyl (C=O) groups excluding carboxylic acids is 1. The number of carbonyl (C=O) groups is 1. The fourth-order valence-corrected chi connectivity index (χ4v) is 2.98. The van der Waals surface area contributed by atoms with E-state index >= 15 is 0 Å². The number of amides is 1. The molecule has 0 aliphatic carbocycles. The number of aryl methyl sites for hydroxylation is 1. The molecule has 0 bridgehead atoms. The van der Waals surface area contributed by atoms with Crippen molar-refractivity contribution >= 4 is 5.91 Å². The Labute approximate surface area is 138 Å². The Kier molecular flexibility index (Phi) is 7.45. The van der Waals surface area contributed by atoms with E-state index in [1.54, 1.807) is 0 Å². The number of hydrogen-bond acceptors (Lipinski definition) is 5. The summed E-state index contributed by atoms with van der Waals surface area (Å²) in [5.74, 6) is -0.0853. The summed E-state index contributed by atoms with van der Waals surface area (Å²) in [4.78, 5) is 18.3. The Balaban J connectivity index is 1.70. The van der Waals surface area contributed by atoms with Gasteiger partial charge in [0.05, 0.1) is 6.61 Å². The lowest BCUT2D eigenvalue weighted by Crippen LogP contribution is -2.29. The number of nitrogens with zero attached hydrogens (tertiary/aromatic N) is 2. The normalized spacial score (nSPS) is 18.3. The molecule has 1 aromatic rings. The van der Waals surface area contributed by atoms with Crippen molar-refractivity contribution in [3.05, 3.63) is 29.6 Å². The van der Waals surface area contributed by atoms with Crippen LogP contribution in [0.3, 0.4) is 0 Å². The number of ether oxygens (including phenoxy) is 1. The summed E-state index contributed by atoms with van der Waals surface area (Å²) >= 11 is 0. The van der Waals surface area contributed by atoms with Gasteiger partial charge in [-0.3, -0.25) is 14.7 Å². The molecule has 3 N–H and O–H groups in total. The van der Waals surface area contributed by atoms with Crippen molar-refractivity contribution in [2.45, 2.75) is 31.7 Å². The highest BCUT2D eigenvalue weighted by Crippen LogP contribution is 2.30. The minimum absolute atomic E-state index is 0.0853. The molecule has 0 unspecified atom stereocenters. The molecule has 0 radical (unpaired) electrons. The fraction of sp³-hybridized carbons (Fsp3) is 0.647.